The fraction of sp³-hybridized carbons (Fsp3) is 0.350. The van der Waals surface area contributed by atoms with Crippen LogP contribution >= 0.6 is 0 Å². The molecule has 2 aromatic heterocycles. The molecule has 0 spiro atoms. The average molecular weight is 339 g/mol. The Hall–Kier alpha value is -2.69. The fourth-order valence-electron chi connectivity index (χ4n) is 2.81. The largest absolute Gasteiger partial charge is 0.493 e. The topological polar surface area (TPSA) is 47.8 Å². The number of imidazole rings is 1. The van der Waals surface area contributed by atoms with Gasteiger partial charge in [-0.25, -0.2) is 4.98 Å². The standard InChI is InChI=1S/C20H25N3O2/c1-13-7-10-17-21-18(19(23(17)12-13)22-20(2,3)4)14-8-9-15(24-5)16(11-14)25-6/h7-12,22H,1-6H3. The number of aromatic nitrogens is 2. The van der Waals surface area contributed by atoms with Crippen LogP contribution in [0.25, 0.3) is 16.9 Å². The number of anilines is 1. The van der Waals surface area contributed by atoms with E-state index in [0.717, 1.165) is 22.7 Å². The molecular weight excluding hydrogens is 314 g/mol. The fourth-order valence-corrected chi connectivity index (χ4v) is 2.81. The Morgan fingerprint density at radius 1 is 1.00 bits per heavy atom. The van der Waals surface area contributed by atoms with E-state index in [2.05, 4.69) is 49.7 Å². The summed E-state index contributed by atoms with van der Waals surface area (Å²) in [4.78, 5) is 4.84. The van der Waals surface area contributed by atoms with Gasteiger partial charge in [0.05, 0.1) is 14.2 Å². The number of hydrogen-bond acceptors (Lipinski definition) is 4. The van der Waals surface area contributed by atoms with Gasteiger partial charge in [-0.2, -0.15) is 0 Å². The van der Waals surface area contributed by atoms with Crippen molar-refractivity contribution in [3.05, 3.63) is 42.1 Å². The smallest absolute Gasteiger partial charge is 0.161 e. The van der Waals surface area contributed by atoms with Crippen molar-refractivity contribution in [2.24, 2.45) is 0 Å². The van der Waals surface area contributed by atoms with E-state index in [0.29, 0.717) is 11.5 Å². The lowest BCUT2D eigenvalue weighted by atomic mass is 10.1. The second-order valence-electron chi connectivity index (χ2n) is 7.19. The molecule has 2 heterocycles. The van der Waals surface area contributed by atoms with Crippen molar-refractivity contribution >= 4 is 11.5 Å². The molecule has 0 aliphatic carbocycles. The molecule has 0 unspecified atom stereocenters. The van der Waals surface area contributed by atoms with E-state index in [1.165, 1.54) is 5.56 Å². The zero-order chi connectivity index (χ0) is 18.2. The highest BCUT2D eigenvalue weighted by molar-refractivity contribution is 5.78. The summed E-state index contributed by atoms with van der Waals surface area (Å²) in [6, 6.07) is 9.98. The summed E-state index contributed by atoms with van der Waals surface area (Å²) in [6.45, 7) is 8.50. The van der Waals surface area contributed by atoms with Gasteiger partial charge in [0.1, 0.15) is 17.2 Å². The second kappa shape index (κ2) is 6.31. The Balaban J connectivity index is 2.23. The predicted molar refractivity (Wildman–Crippen MR) is 102 cm³/mol. The first kappa shape index (κ1) is 17.1. The van der Waals surface area contributed by atoms with Crippen molar-refractivity contribution in [2.75, 3.05) is 19.5 Å². The van der Waals surface area contributed by atoms with Gasteiger partial charge in [0, 0.05) is 17.3 Å². The zero-order valence-electron chi connectivity index (χ0n) is 15.7. The number of fused-ring (bicyclic) bond motifs is 1. The lowest BCUT2D eigenvalue weighted by Crippen LogP contribution is -2.27. The molecule has 0 radical (unpaired) electrons. The third-order valence-corrected chi connectivity index (χ3v) is 3.92. The third-order valence-electron chi connectivity index (χ3n) is 3.92. The van der Waals surface area contributed by atoms with Crippen molar-refractivity contribution < 1.29 is 9.47 Å². The second-order valence-corrected chi connectivity index (χ2v) is 7.19. The predicted octanol–water partition coefficient (Wildman–Crippen LogP) is 4.54. The lowest BCUT2D eigenvalue weighted by Gasteiger charge is -2.23. The molecule has 132 valence electrons. The van der Waals surface area contributed by atoms with Crippen LogP contribution in [0.3, 0.4) is 0 Å². The molecule has 0 aliphatic heterocycles. The summed E-state index contributed by atoms with van der Waals surface area (Å²) >= 11 is 0. The number of nitrogens with one attached hydrogen (secondary N) is 1. The summed E-state index contributed by atoms with van der Waals surface area (Å²) < 4.78 is 12.9. The minimum Gasteiger partial charge on any atom is -0.493 e. The van der Waals surface area contributed by atoms with Gasteiger partial charge in [0.15, 0.2) is 11.5 Å². The lowest BCUT2D eigenvalue weighted by molar-refractivity contribution is 0.355. The highest BCUT2D eigenvalue weighted by atomic mass is 16.5. The Morgan fingerprint density at radius 2 is 1.72 bits per heavy atom. The molecule has 1 N–H and O–H groups in total. The van der Waals surface area contributed by atoms with Crippen molar-refractivity contribution in [3.8, 4) is 22.8 Å². The van der Waals surface area contributed by atoms with Crippen molar-refractivity contribution in [1.29, 1.82) is 0 Å². The van der Waals surface area contributed by atoms with Crippen LogP contribution in [0.2, 0.25) is 0 Å². The first-order valence-electron chi connectivity index (χ1n) is 8.31. The zero-order valence-corrected chi connectivity index (χ0v) is 15.7. The molecule has 1 aromatic carbocycles. The van der Waals surface area contributed by atoms with Crippen LogP contribution in [-0.4, -0.2) is 29.1 Å². The SMILES string of the molecule is COc1ccc(-c2nc3ccc(C)cn3c2NC(C)(C)C)cc1OC. The van der Waals surface area contributed by atoms with Gasteiger partial charge in [-0.1, -0.05) is 6.07 Å². The molecule has 0 aliphatic rings. The van der Waals surface area contributed by atoms with Gasteiger partial charge in [-0.15, -0.1) is 0 Å². The van der Waals surface area contributed by atoms with Crippen LogP contribution in [0.5, 0.6) is 11.5 Å². The number of aryl methyl sites for hydroxylation is 1. The summed E-state index contributed by atoms with van der Waals surface area (Å²) in [6.07, 6.45) is 2.10. The Kier molecular flexibility index (Phi) is 4.33. The maximum absolute atomic E-state index is 5.45. The van der Waals surface area contributed by atoms with Crippen molar-refractivity contribution in [3.63, 3.8) is 0 Å². The minimum absolute atomic E-state index is 0.0922. The number of methoxy groups -OCH3 is 2. The van der Waals surface area contributed by atoms with Crippen LogP contribution in [0.15, 0.2) is 36.5 Å². The number of nitrogens with zero attached hydrogens (tertiary/aromatic N) is 2. The monoisotopic (exact) mass is 339 g/mol. The van der Waals surface area contributed by atoms with E-state index in [-0.39, 0.29) is 5.54 Å². The molecule has 3 rings (SSSR count). The van der Waals surface area contributed by atoms with Gasteiger partial charge in [-0.05, 0) is 57.5 Å². The summed E-state index contributed by atoms with van der Waals surface area (Å²) in [5.41, 5.74) is 3.86. The number of ether oxygens (including phenoxy) is 2. The van der Waals surface area contributed by atoms with E-state index in [4.69, 9.17) is 14.5 Å². The third kappa shape index (κ3) is 3.40. The van der Waals surface area contributed by atoms with Gasteiger partial charge in [0.25, 0.3) is 0 Å². The molecule has 0 fully saturated rings. The Bertz CT molecular complexity index is 907. The van der Waals surface area contributed by atoms with E-state index in [1.807, 2.05) is 24.3 Å². The highest BCUT2D eigenvalue weighted by Crippen LogP contribution is 2.36. The van der Waals surface area contributed by atoms with Gasteiger partial charge in [0.2, 0.25) is 0 Å². The Labute approximate surface area is 148 Å². The van der Waals surface area contributed by atoms with E-state index >= 15 is 0 Å². The molecule has 25 heavy (non-hydrogen) atoms. The molecule has 3 aromatic rings. The molecule has 5 heteroatoms. The number of rotatable bonds is 4. The van der Waals surface area contributed by atoms with Crippen LogP contribution in [0, 0.1) is 6.92 Å². The number of hydrogen-bond donors (Lipinski definition) is 1. The molecule has 0 atom stereocenters. The van der Waals surface area contributed by atoms with Crippen LogP contribution in [0.1, 0.15) is 26.3 Å². The Morgan fingerprint density at radius 3 is 2.36 bits per heavy atom. The van der Waals surface area contributed by atoms with Crippen molar-refractivity contribution in [2.45, 2.75) is 33.2 Å². The highest BCUT2D eigenvalue weighted by Gasteiger charge is 2.20. The average Bonchev–Trinajstić information content (AvgIpc) is 2.90. The maximum Gasteiger partial charge on any atom is 0.161 e. The maximum atomic E-state index is 5.45. The quantitative estimate of drug-likeness (QED) is 0.758. The van der Waals surface area contributed by atoms with Crippen LogP contribution in [-0.2, 0) is 0 Å². The minimum atomic E-state index is -0.0922. The van der Waals surface area contributed by atoms with Crippen molar-refractivity contribution in [1.82, 2.24) is 9.38 Å². The molecule has 0 amide bonds. The van der Waals surface area contributed by atoms with Gasteiger partial charge in [-0.3, -0.25) is 4.40 Å². The van der Waals surface area contributed by atoms with E-state index < -0.39 is 0 Å². The normalized spacial score (nSPS) is 11.6. The van der Waals surface area contributed by atoms with Crippen LogP contribution in [0.4, 0.5) is 5.82 Å². The summed E-state index contributed by atoms with van der Waals surface area (Å²) in [5.74, 6) is 2.37. The van der Waals surface area contributed by atoms with E-state index in [1.54, 1.807) is 14.2 Å². The first-order valence-corrected chi connectivity index (χ1v) is 8.31. The molecular formula is C20H25N3O2. The van der Waals surface area contributed by atoms with Crippen LogP contribution < -0.4 is 14.8 Å². The number of pyridine rings is 1. The van der Waals surface area contributed by atoms with Gasteiger partial charge >= 0.3 is 0 Å². The first-order chi connectivity index (χ1) is 11.8. The molecule has 0 saturated carbocycles. The molecule has 5 nitrogen and oxygen atoms in total. The van der Waals surface area contributed by atoms with E-state index in [9.17, 15) is 0 Å². The summed E-state index contributed by atoms with van der Waals surface area (Å²) in [5, 5.41) is 3.59. The summed E-state index contributed by atoms with van der Waals surface area (Å²) in [7, 11) is 3.28. The number of benzene rings is 1. The van der Waals surface area contributed by atoms with Gasteiger partial charge < -0.3 is 14.8 Å². The molecule has 0 saturated heterocycles. The molecule has 0 bridgehead atoms.